The van der Waals surface area contributed by atoms with Crippen LogP contribution in [0.3, 0.4) is 0 Å². The monoisotopic (exact) mass is 260 g/mol. The molecule has 1 aliphatic rings. The van der Waals surface area contributed by atoms with Gasteiger partial charge in [-0.15, -0.1) is 0 Å². The Balaban J connectivity index is 2.03. The molecule has 0 aromatic heterocycles. The summed E-state index contributed by atoms with van der Waals surface area (Å²) in [6.45, 7) is 7.42. The Labute approximate surface area is 116 Å². The molecule has 0 saturated carbocycles. The number of benzene rings is 1. The van der Waals surface area contributed by atoms with E-state index >= 15 is 0 Å². The number of hydrogen-bond acceptors (Lipinski definition) is 2. The van der Waals surface area contributed by atoms with Crippen LogP contribution in [0.1, 0.15) is 31.4 Å². The van der Waals surface area contributed by atoms with Crippen LogP contribution >= 0.6 is 0 Å². The molecule has 0 saturated heterocycles. The number of hydrogen-bond donors (Lipinski definition) is 1. The summed E-state index contributed by atoms with van der Waals surface area (Å²) >= 11 is 0. The van der Waals surface area contributed by atoms with Crippen molar-refractivity contribution >= 4 is 5.91 Å². The molecule has 0 aliphatic carbocycles. The molecule has 1 aromatic carbocycles. The van der Waals surface area contributed by atoms with Crippen LogP contribution in [0.2, 0.25) is 0 Å². The molecule has 104 valence electrons. The van der Waals surface area contributed by atoms with E-state index in [1.54, 1.807) is 0 Å². The van der Waals surface area contributed by atoms with E-state index in [4.69, 9.17) is 0 Å². The summed E-state index contributed by atoms with van der Waals surface area (Å²) in [6, 6.07) is 8.49. The first kappa shape index (κ1) is 14.1. The molecule has 1 N–H and O–H groups in total. The summed E-state index contributed by atoms with van der Waals surface area (Å²) in [5.41, 5.74) is 2.71. The molecule has 1 aromatic rings. The van der Waals surface area contributed by atoms with Gasteiger partial charge in [0.05, 0.1) is 0 Å². The number of rotatable bonds is 4. The second-order valence-corrected chi connectivity index (χ2v) is 5.34. The van der Waals surface area contributed by atoms with Crippen molar-refractivity contribution < 1.29 is 4.79 Å². The Hall–Kier alpha value is -1.35. The summed E-state index contributed by atoms with van der Waals surface area (Å²) in [7, 11) is 0. The average molecular weight is 260 g/mol. The maximum Gasteiger partial charge on any atom is 0.226 e. The van der Waals surface area contributed by atoms with Gasteiger partial charge < -0.3 is 10.2 Å². The first-order valence-corrected chi connectivity index (χ1v) is 7.28. The van der Waals surface area contributed by atoms with Crippen LogP contribution in [-0.4, -0.2) is 30.4 Å². The fraction of sp³-hybridized carbons (Fsp3) is 0.562. The van der Waals surface area contributed by atoms with Gasteiger partial charge in [0.2, 0.25) is 5.91 Å². The molecule has 1 atom stereocenters. The van der Waals surface area contributed by atoms with Gasteiger partial charge in [0.15, 0.2) is 0 Å². The van der Waals surface area contributed by atoms with Crippen molar-refractivity contribution in [3.05, 3.63) is 35.4 Å². The van der Waals surface area contributed by atoms with Gasteiger partial charge in [-0.05, 0) is 30.5 Å². The molecule has 0 spiro atoms. The zero-order chi connectivity index (χ0) is 13.7. The lowest BCUT2D eigenvalue weighted by molar-refractivity contribution is -0.135. The third-order valence-corrected chi connectivity index (χ3v) is 3.79. The lowest BCUT2D eigenvalue weighted by Crippen LogP contribution is -2.38. The lowest BCUT2D eigenvalue weighted by Gasteiger charge is -2.24. The largest absolute Gasteiger partial charge is 0.338 e. The Kier molecular flexibility index (Phi) is 4.97. The maximum absolute atomic E-state index is 12.5. The molecule has 0 fully saturated rings. The standard InChI is InChI=1S/C16H24N2O/c1-3-17-11-13(2)16(19)18-10-6-9-14-7-4-5-8-15(14)12-18/h4-5,7-8,13,17H,3,6,9-12H2,1-2H3. The highest BCUT2D eigenvalue weighted by atomic mass is 16.2. The smallest absolute Gasteiger partial charge is 0.226 e. The third-order valence-electron chi connectivity index (χ3n) is 3.79. The SMILES string of the molecule is CCNCC(C)C(=O)N1CCCc2ccccc2C1. The van der Waals surface area contributed by atoms with Crippen LogP contribution in [0.15, 0.2) is 24.3 Å². The van der Waals surface area contributed by atoms with Gasteiger partial charge in [0.1, 0.15) is 0 Å². The molecule has 1 aliphatic heterocycles. The number of carbonyl (C=O) groups excluding carboxylic acids is 1. The Bertz CT molecular complexity index is 431. The highest BCUT2D eigenvalue weighted by Crippen LogP contribution is 2.19. The van der Waals surface area contributed by atoms with Gasteiger partial charge in [-0.25, -0.2) is 0 Å². The van der Waals surface area contributed by atoms with E-state index < -0.39 is 0 Å². The van der Waals surface area contributed by atoms with Crippen molar-refractivity contribution in [2.24, 2.45) is 5.92 Å². The van der Waals surface area contributed by atoms with E-state index in [1.807, 2.05) is 11.8 Å². The van der Waals surface area contributed by atoms with Crippen molar-refractivity contribution in [2.75, 3.05) is 19.6 Å². The molecule has 1 unspecified atom stereocenters. The van der Waals surface area contributed by atoms with Gasteiger partial charge in [0, 0.05) is 25.6 Å². The van der Waals surface area contributed by atoms with Crippen LogP contribution in [0, 0.1) is 5.92 Å². The van der Waals surface area contributed by atoms with E-state index in [-0.39, 0.29) is 11.8 Å². The second kappa shape index (κ2) is 6.71. The topological polar surface area (TPSA) is 32.3 Å². The minimum atomic E-state index is 0.0604. The van der Waals surface area contributed by atoms with E-state index in [1.165, 1.54) is 11.1 Å². The molecule has 1 amide bonds. The molecule has 1 heterocycles. The molecule has 0 bridgehead atoms. The van der Waals surface area contributed by atoms with E-state index in [0.29, 0.717) is 0 Å². The minimum absolute atomic E-state index is 0.0604. The van der Waals surface area contributed by atoms with Gasteiger partial charge in [-0.1, -0.05) is 38.1 Å². The maximum atomic E-state index is 12.5. The molecule has 3 nitrogen and oxygen atoms in total. The summed E-state index contributed by atoms with van der Waals surface area (Å²) in [5, 5.41) is 3.26. The predicted molar refractivity (Wildman–Crippen MR) is 77.9 cm³/mol. The molecule has 0 radical (unpaired) electrons. The average Bonchev–Trinajstić information content (AvgIpc) is 2.66. The first-order chi connectivity index (χ1) is 9.22. The normalized spacial score (nSPS) is 16.6. The lowest BCUT2D eigenvalue weighted by atomic mass is 10.0. The Morgan fingerprint density at radius 2 is 2.11 bits per heavy atom. The van der Waals surface area contributed by atoms with E-state index in [9.17, 15) is 4.79 Å². The van der Waals surface area contributed by atoms with Gasteiger partial charge in [-0.2, -0.15) is 0 Å². The number of nitrogens with one attached hydrogen (secondary N) is 1. The molecule has 19 heavy (non-hydrogen) atoms. The Morgan fingerprint density at radius 3 is 2.84 bits per heavy atom. The third kappa shape index (κ3) is 3.57. The number of fused-ring (bicyclic) bond motifs is 1. The summed E-state index contributed by atoms with van der Waals surface area (Å²) in [4.78, 5) is 14.5. The van der Waals surface area contributed by atoms with Crippen molar-refractivity contribution in [3.63, 3.8) is 0 Å². The molecule has 3 heteroatoms. The summed E-state index contributed by atoms with van der Waals surface area (Å²) < 4.78 is 0. The number of amides is 1. The Morgan fingerprint density at radius 1 is 1.37 bits per heavy atom. The highest BCUT2D eigenvalue weighted by molar-refractivity contribution is 5.78. The van der Waals surface area contributed by atoms with Crippen LogP contribution in [0.5, 0.6) is 0 Å². The van der Waals surface area contributed by atoms with Gasteiger partial charge >= 0.3 is 0 Å². The number of carbonyl (C=O) groups is 1. The summed E-state index contributed by atoms with van der Waals surface area (Å²) in [6.07, 6.45) is 2.15. The van der Waals surface area contributed by atoms with Crippen molar-refractivity contribution in [1.29, 1.82) is 0 Å². The molecular weight excluding hydrogens is 236 g/mol. The number of aryl methyl sites for hydroxylation is 1. The minimum Gasteiger partial charge on any atom is -0.338 e. The van der Waals surface area contributed by atoms with Crippen LogP contribution in [0.25, 0.3) is 0 Å². The fourth-order valence-electron chi connectivity index (χ4n) is 2.65. The highest BCUT2D eigenvalue weighted by Gasteiger charge is 2.22. The van der Waals surface area contributed by atoms with Crippen molar-refractivity contribution in [1.82, 2.24) is 10.2 Å². The van der Waals surface area contributed by atoms with E-state index in [0.717, 1.165) is 39.0 Å². The first-order valence-electron chi connectivity index (χ1n) is 7.28. The fourth-order valence-corrected chi connectivity index (χ4v) is 2.65. The quantitative estimate of drug-likeness (QED) is 0.900. The molecule has 2 rings (SSSR count). The van der Waals surface area contributed by atoms with E-state index in [2.05, 4.69) is 36.5 Å². The van der Waals surface area contributed by atoms with Crippen LogP contribution in [0.4, 0.5) is 0 Å². The number of nitrogens with zero attached hydrogens (tertiary/aromatic N) is 1. The predicted octanol–water partition coefficient (Wildman–Crippen LogP) is 2.21. The van der Waals surface area contributed by atoms with Crippen LogP contribution < -0.4 is 5.32 Å². The van der Waals surface area contributed by atoms with Crippen molar-refractivity contribution in [2.45, 2.75) is 33.2 Å². The van der Waals surface area contributed by atoms with Gasteiger partial charge in [0.25, 0.3) is 0 Å². The van der Waals surface area contributed by atoms with Crippen LogP contribution in [-0.2, 0) is 17.8 Å². The van der Waals surface area contributed by atoms with Gasteiger partial charge in [-0.3, -0.25) is 4.79 Å². The summed E-state index contributed by atoms with van der Waals surface area (Å²) in [5.74, 6) is 0.336. The van der Waals surface area contributed by atoms with Crippen molar-refractivity contribution in [3.8, 4) is 0 Å². The molecular formula is C16H24N2O. The second-order valence-electron chi connectivity index (χ2n) is 5.34. The zero-order valence-corrected chi connectivity index (χ0v) is 12.0. The zero-order valence-electron chi connectivity index (χ0n) is 12.0.